The molecule has 0 bridgehead atoms. The molecule has 1 aliphatic rings. The Balaban J connectivity index is 1.78. The Labute approximate surface area is 131 Å². The van der Waals surface area contributed by atoms with Crippen molar-refractivity contribution in [2.45, 2.75) is 23.8 Å². The summed E-state index contributed by atoms with van der Waals surface area (Å²) in [5, 5.41) is 0. The molecule has 1 aliphatic heterocycles. The van der Waals surface area contributed by atoms with Crippen molar-refractivity contribution >= 4 is 27.5 Å². The van der Waals surface area contributed by atoms with Crippen LogP contribution in [0.15, 0.2) is 29.2 Å². The lowest BCUT2D eigenvalue weighted by atomic mass is 10.1. The molecule has 0 aromatic heterocycles. The largest absolute Gasteiger partial charge is 0.398 e. The minimum Gasteiger partial charge on any atom is -0.398 e. The van der Waals surface area contributed by atoms with Gasteiger partial charge in [0.05, 0.1) is 5.75 Å². The fraction of sp³-hybridized carbons (Fsp3) is 0.571. The molecular formula is C14H23N3O2S2. The topological polar surface area (TPSA) is 75.4 Å². The van der Waals surface area contributed by atoms with Crippen LogP contribution in [-0.2, 0) is 10.0 Å². The second-order valence-electron chi connectivity index (χ2n) is 5.40. The van der Waals surface area contributed by atoms with E-state index in [4.69, 9.17) is 5.73 Å². The Hall–Kier alpha value is -0.760. The Morgan fingerprint density at radius 2 is 2.00 bits per heavy atom. The van der Waals surface area contributed by atoms with E-state index < -0.39 is 10.0 Å². The van der Waals surface area contributed by atoms with Crippen molar-refractivity contribution in [3.63, 3.8) is 0 Å². The van der Waals surface area contributed by atoms with Crippen LogP contribution in [0.25, 0.3) is 0 Å². The van der Waals surface area contributed by atoms with Crippen molar-refractivity contribution < 1.29 is 8.42 Å². The van der Waals surface area contributed by atoms with E-state index >= 15 is 0 Å². The fourth-order valence-electron chi connectivity index (χ4n) is 2.31. The highest BCUT2D eigenvalue weighted by Gasteiger charge is 2.21. The van der Waals surface area contributed by atoms with Crippen molar-refractivity contribution in [3.05, 3.63) is 24.3 Å². The molecule has 118 valence electrons. The third kappa shape index (κ3) is 5.50. The van der Waals surface area contributed by atoms with Gasteiger partial charge >= 0.3 is 0 Å². The van der Waals surface area contributed by atoms with Gasteiger partial charge in [0, 0.05) is 22.4 Å². The van der Waals surface area contributed by atoms with Crippen LogP contribution in [0, 0.1) is 0 Å². The number of rotatable bonds is 6. The van der Waals surface area contributed by atoms with Crippen molar-refractivity contribution in [2.75, 3.05) is 37.4 Å². The summed E-state index contributed by atoms with van der Waals surface area (Å²) in [6.07, 6.45) is 1.77. The fourth-order valence-corrected chi connectivity index (χ4v) is 5.01. The van der Waals surface area contributed by atoms with Crippen LogP contribution in [0.1, 0.15) is 12.8 Å². The minimum atomic E-state index is -3.21. The average molecular weight is 329 g/mol. The van der Waals surface area contributed by atoms with Crippen LogP contribution >= 0.6 is 11.8 Å². The van der Waals surface area contributed by atoms with E-state index in [1.54, 1.807) is 0 Å². The summed E-state index contributed by atoms with van der Waals surface area (Å²) in [6.45, 7) is 1.89. The lowest BCUT2D eigenvalue weighted by Gasteiger charge is -2.29. The van der Waals surface area contributed by atoms with Crippen LogP contribution in [0.3, 0.4) is 0 Å². The van der Waals surface area contributed by atoms with Gasteiger partial charge in [-0.15, -0.1) is 11.8 Å². The van der Waals surface area contributed by atoms with E-state index in [1.807, 2.05) is 24.3 Å². The first-order valence-electron chi connectivity index (χ1n) is 7.12. The Kier molecular flexibility index (Phi) is 5.92. The molecule has 0 saturated carbocycles. The molecule has 0 atom stereocenters. The maximum absolute atomic E-state index is 12.1. The van der Waals surface area contributed by atoms with Gasteiger partial charge in [0.25, 0.3) is 0 Å². The Morgan fingerprint density at radius 1 is 1.33 bits per heavy atom. The van der Waals surface area contributed by atoms with E-state index in [-0.39, 0.29) is 11.8 Å². The van der Waals surface area contributed by atoms with Crippen molar-refractivity contribution in [1.82, 2.24) is 9.62 Å². The molecule has 1 aromatic carbocycles. The van der Waals surface area contributed by atoms with Gasteiger partial charge in [0.2, 0.25) is 10.0 Å². The molecule has 3 N–H and O–H groups in total. The number of anilines is 1. The summed E-state index contributed by atoms with van der Waals surface area (Å²) < 4.78 is 27.0. The number of hydrogen-bond donors (Lipinski definition) is 2. The monoisotopic (exact) mass is 329 g/mol. The number of nitrogens with zero attached hydrogens (tertiary/aromatic N) is 1. The van der Waals surface area contributed by atoms with Gasteiger partial charge in [-0.25, -0.2) is 13.1 Å². The molecule has 1 aromatic rings. The number of thioether (sulfide) groups is 1. The van der Waals surface area contributed by atoms with E-state index in [1.165, 1.54) is 11.8 Å². The summed E-state index contributed by atoms with van der Waals surface area (Å²) in [5.74, 6) is 0.633. The summed E-state index contributed by atoms with van der Waals surface area (Å²) in [7, 11) is -1.15. The maximum Gasteiger partial charge on any atom is 0.212 e. The molecular weight excluding hydrogens is 306 g/mol. The van der Waals surface area contributed by atoms with Crippen molar-refractivity contribution in [2.24, 2.45) is 0 Å². The number of para-hydroxylation sites is 1. The molecule has 1 fully saturated rings. The highest BCUT2D eigenvalue weighted by atomic mass is 32.2. The van der Waals surface area contributed by atoms with Crippen LogP contribution in [0.2, 0.25) is 0 Å². The van der Waals surface area contributed by atoms with Crippen LogP contribution in [0.5, 0.6) is 0 Å². The lowest BCUT2D eigenvalue weighted by Crippen LogP contribution is -2.44. The number of nitrogen functional groups attached to an aromatic ring is 1. The molecule has 7 heteroatoms. The van der Waals surface area contributed by atoms with Crippen molar-refractivity contribution in [1.29, 1.82) is 0 Å². The summed E-state index contributed by atoms with van der Waals surface area (Å²) in [4.78, 5) is 3.16. The first-order valence-corrected chi connectivity index (χ1v) is 9.76. The van der Waals surface area contributed by atoms with Crippen molar-refractivity contribution in [3.8, 4) is 0 Å². The first-order chi connectivity index (χ1) is 9.96. The standard InChI is InChI=1S/C14H23N3O2S2/c1-17-8-6-12(7-9-17)16-21(18,19)11-10-20-14-5-3-2-4-13(14)15/h2-5,12,16H,6-11,15H2,1H3. The lowest BCUT2D eigenvalue weighted by molar-refractivity contribution is 0.248. The number of likely N-dealkylation sites (tertiary alicyclic amines) is 1. The van der Waals surface area contributed by atoms with Crippen LogP contribution in [-0.4, -0.2) is 51.0 Å². The van der Waals surface area contributed by atoms with Crippen LogP contribution < -0.4 is 10.5 Å². The van der Waals surface area contributed by atoms with E-state index in [9.17, 15) is 8.42 Å². The smallest absolute Gasteiger partial charge is 0.212 e. The maximum atomic E-state index is 12.1. The molecule has 2 rings (SSSR count). The second kappa shape index (κ2) is 7.49. The molecule has 0 unspecified atom stereocenters. The Bertz CT molecular complexity index is 555. The predicted molar refractivity (Wildman–Crippen MR) is 89.0 cm³/mol. The number of hydrogen-bond acceptors (Lipinski definition) is 5. The first kappa shape index (κ1) is 16.6. The van der Waals surface area contributed by atoms with E-state index in [0.29, 0.717) is 11.4 Å². The minimum absolute atomic E-state index is 0.0815. The van der Waals surface area contributed by atoms with Gasteiger partial charge in [-0.3, -0.25) is 0 Å². The highest BCUT2D eigenvalue weighted by Crippen LogP contribution is 2.24. The normalized spacial score (nSPS) is 18.0. The number of benzene rings is 1. The molecule has 1 saturated heterocycles. The number of piperidine rings is 1. The van der Waals surface area contributed by atoms with Gasteiger partial charge in [0.15, 0.2) is 0 Å². The van der Waals surface area contributed by atoms with Gasteiger partial charge in [-0.05, 0) is 45.1 Å². The number of nitrogens with one attached hydrogen (secondary N) is 1. The molecule has 0 aliphatic carbocycles. The molecule has 21 heavy (non-hydrogen) atoms. The van der Waals surface area contributed by atoms with E-state index in [2.05, 4.69) is 16.7 Å². The molecule has 0 spiro atoms. The third-order valence-electron chi connectivity index (χ3n) is 3.59. The zero-order chi connectivity index (χ0) is 15.3. The Morgan fingerprint density at radius 3 is 2.67 bits per heavy atom. The quantitative estimate of drug-likeness (QED) is 0.609. The molecule has 5 nitrogen and oxygen atoms in total. The highest BCUT2D eigenvalue weighted by molar-refractivity contribution is 8.00. The second-order valence-corrected chi connectivity index (χ2v) is 8.41. The van der Waals surface area contributed by atoms with E-state index in [0.717, 1.165) is 30.8 Å². The molecule has 1 heterocycles. The number of nitrogens with two attached hydrogens (primary N) is 1. The zero-order valence-electron chi connectivity index (χ0n) is 12.3. The van der Waals surface area contributed by atoms with Gasteiger partial charge < -0.3 is 10.6 Å². The zero-order valence-corrected chi connectivity index (χ0v) is 13.9. The predicted octanol–water partition coefficient (Wildman–Crippen LogP) is 1.37. The van der Waals surface area contributed by atoms with Gasteiger partial charge in [-0.1, -0.05) is 12.1 Å². The summed E-state index contributed by atoms with van der Waals surface area (Å²) in [5.41, 5.74) is 6.54. The SMILES string of the molecule is CN1CCC(NS(=O)(=O)CCSc2ccccc2N)CC1. The van der Waals surface area contributed by atoms with Crippen LogP contribution in [0.4, 0.5) is 5.69 Å². The molecule has 0 radical (unpaired) electrons. The average Bonchev–Trinajstić information content (AvgIpc) is 2.43. The summed E-state index contributed by atoms with van der Waals surface area (Å²) >= 11 is 1.48. The third-order valence-corrected chi connectivity index (χ3v) is 6.38. The summed E-state index contributed by atoms with van der Waals surface area (Å²) in [6, 6.07) is 7.60. The molecule has 0 amide bonds. The number of sulfonamides is 1. The van der Waals surface area contributed by atoms with Gasteiger partial charge in [-0.2, -0.15) is 0 Å². The van der Waals surface area contributed by atoms with Gasteiger partial charge in [0.1, 0.15) is 0 Å².